The Morgan fingerprint density at radius 2 is 1.90 bits per heavy atom. The largest absolute Gasteiger partial charge is 0.349 e. The molecule has 2 amide bonds. The van der Waals surface area contributed by atoms with E-state index >= 15 is 0 Å². The third-order valence-corrected chi connectivity index (χ3v) is 5.49. The average molecular weight is 419 g/mol. The molecule has 0 aliphatic carbocycles. The van der Waals surface area contributed by atoms with Crippen molar-refractivity contribution in [3.63, 3.8) is 0 Å². The molecule has 8 heteroatoms. The molecular weight excluding hydrogens is 394 g/mol. The van der Waals surface area contributed by atoms with Crippen LogP contribution in [0.25, 0.3) is 11.5 Å². The Balaban J connectivity index is 1.23. The van der Waals surface area contributed by atoms with Gasteiger partial charge in [-0.1, -0.05) is 29.4 Å². The Morgan fingerprint density at radius 1 is 1.13 bits per heavy atom. The highest BCUT2D eigenvalue weighted by molar-refractivity contribution is 5.95. The molecule has 0 spiro atoms. The third kappa shape index (κ3) is 5.14. The van der Waals surface area contributed by atoms with Gasteiger partial charge in [0.1, 0.15) is 5.69 Å². The molecule has 4 rings (SSSR count). The first kappa shape index (κ1) is 20.7. The Kier molecular flexibility index (Phi) is 6.35. The summed E-state index contributed by atoms with van der Waals surface area (Å²) in [5.74, 6) is 0.854. The van der Waals surface area contributed by atoms with E-state index in [1.54, 1.807) is 6.20 Å². The summed E-state index contributed by atoms with van der Waals surface area (Å²) < 4.78 is 5.25. The van der Waals surface area contributed by atoms with Crippen LogP contribution in [0.1, 0.15) is 41.1 Å². The standard InChI is InChI=1S/C23H25N5O3/c1-16-6-2-3-7-18(16)23(30)25-17-11-14-28(15-12-17)21(29)10-9-20-26-22(27-31-20)19-8-4-5-13-24-19/h2-8,13,17H,9-12,14-15H2,1H3,(H,25,30). The van der Waals surface area contributed by atoms with E-state index in [4.69, 9.17) is 4.52 Å². The Bertz CT molecular complexity index is 1040. The number of likely N-dealkylation sites (tertiary alicyclic amines) is 1. The molecule has 31 heavy (non-hydrogen) atoms. The molecule has 1 saturated heterocycles. The van der Waals surface area contributed by atoms with Crippen LogP contribution in [0.15, 0.2) is 53.2 Å². The molecular formula is C23H25N5O3. The van der Waals surface area contributed by atoms with Crippen LogP contribution in [0.4, 0.5) is 0 Å². The van der Waals surface area contributed by atoms with Crippen molar-refractivity contribution in [2.24, 2.45) is 0 Å². The van der Waals surface area contributed by atoms with Crippen molar-refractivity contribution >= 4 is 11.8 Å². The van der Waals surface area contributed by atoms with Gasteiger partial charge in [0.25, 0.3) is 5.91 Å². The number of benzene rings is 1. The smallest absolute Gasteiger partial charge is 0.251 e. The highest BCUT2D eigenvalue weighted by Gasteiger charge is 2.24. The molecule has 0 atom stereocenters. The van der Waals surface area contributed by atoms with Gasteiger partial charge < -0.3 is 14.7 Å². The van der Waals surface area contributed by atoms with E-state index < -0.39 is 0 Å². The van der Waals surface area contributed by atoms with Gasteiger partial charge in [-0.05, 0) is 43.5 Å². The van der Waals surface area contributed by atoms with Crippen LogP contribution in [0.2, 0.25) is 0 Å². The van der Waals surface area contributed by atoms with Gasteiger partial charge in [-0.2, -0.15) is 4.98 Å². The van der Waals surface area contributed by atoms with Crippen molar-refractivity contribution in [3.8, 4) is 11.5 Å². The van der Waals surface area contributed by atoms with Crippen LogP contribution < -0.4 is 5.32 Å². The Hall–Kier alpha value is -3.55. The molecule has 1 fully saturated rings. The molecule has 8 nitrogen and oxygen atoms in total. The van der Waals surface area contributed by atoms with E-state index in [2.05, 4.69) is 20.4 Å². The fraction of sp³-hybridized carbons (Fsp3) is 0.348. The van der Waals surface area contributed by atoms with Gasteiger partial charge in [0.05, 0.1) is 0 Å². The first-order valence-corrected chi connectivity index (χ1v) is 10.5. The normalized spacial score (nSPS) is 14.4. The summed E-state index contributed by atoms with van der Waals surface area (Å²) in [6, 6.07) is 13.1. The van der Waals surface area contributed by atoms with Crippen molar-refractivity contribution in [1.82, 2.24) is 25.3 Å². The molecule has 0 unspecified atom stereocenters. The number of nitrogens with one attached hydrogen (secondary N) is 1. The van der Waals surface area contributed by atoms with Crippen LogP contribution in [0, 0.1) is 6.92 Å². The lowest BCUT2D eigenvalue weighted by Gasteiger charge is -2.32. The number of pyridine rings is 1. The number of carbonyl (C=O) groups excluding carboxylic acids is 2. The van der Waals surface area contributed by atoms with E-state index in [9.17, 15) is 9.59 Å². The molecule has 2 aromatic heterocycles. The summed E-state index contributed by atoms with van der Waals surface area (Å²) >= 11 is 0. The first-order chi connectivity index (χ1) is 15.1. The van der Waals surface area contributed by atoms with Crippen LogP contribution in [0.5, 0.6) is 0 Å². The number of carbonyl (C=O) groups is 2. The van der Waals surface area contributed by atoms with Gasteiger partial charge in [-0.3, -0.25) is 14.6 Å². The number of rotatable bonds is 6. The van der Waals surface area contributed by atoms with E-state index in [0.717, 1.165) is 18.4 Å². The van der Waals surface area contributed by atoms with Crippen LogP contribution in [-0.2, 0) is 11.2 Å². The topological polar surface area (TPSA) is 101 Å². The molecule has 1 aromatic carbocycles. The lowest BCUT2D eigenvalue weighted by molar-refractivity contribution is -0.132. The van der Waals surface area contributed by atoms with Gasteiger partial charge in [0.15, 0.2) is 0 Å². The molecule has 1 aliphatic heterocycles. The molecule has 1 N–H and O–H groups in total. The van der Waals surface area contributed by atoms with Crippen molar-refractivity contribution in [3.05, 3.63) is 65.7 Å². The van der Waals surface area contributed by atoms with Gasteiger partial charge in [-0.25, -0.2) is 0 Å². The Morgan fingerprint density at radius 3 is 2.65 bits per heavy atom. The molecule has 0 saturated carbocycles. The number of hydrogen-bond acceptors (Lipinski definition) is 6. The summed E-state index contributed by atoms with van der Waals surface area (Å²) in [5, 5.41) is 7.03. The maximum Gasteiger partial charge on any atom is 0.251 e. The lowest BCUT2D eigenvalue weighted by Crippen LogP contribution is -2.46. The first-order valence-electron chi connectivity index (χ1n) is 10.5. The summed E-state index contributed by atoms with van der Waals surface area (Å²) in [6.45, 7) is 3.18. The number of amides is 2. The average Bonchev–Trinajstić information content (AvgIpc) is 3.28. The number of aryl methyl sites for hydroxylation is 2. The summed E-state index contributed by atoms with van der Waals surface area (Å²) in [4.78, 5) is 35.4. The highest BCUT2D eigenvalue weighted by atomic mass is 16.5. The molecule has 3 heterocycles. The number of piperidine rings is 1. The van der Waals surface area contributed by atoms with Gasteiger partial charge in [0.2, 0.25) is 17.6 Å². The monoisotopic (exact) mass is 419 g/mol. The van der Waals surface area contributed by atoms with Crippen LogP contribution in [0.3, 0.4) is 0 Å². The van der Waals surface area contributed by atoms with Gasteiger partial charge in [0, 0.05) is 43.7 Å². The fourth-order valence-corrected chi connectivity index (χ4v) is 3.69. The van der Waals surface area contributed by atoms with Gasteiger partial charge in [-0.15, -0.1) is 0 Å². The number of aromatic nitrogens is 3. The maximum absolute atomic E-state index is 12.6. The van der Waals surface area contributed by atoms with Gasteiger partial charge >= 0.3 is 0 Å². The van der Waals surface area contributed by atoms with E-state index in [1.807, 2.05) is 54.3 Å². The quantitative estimate of drug-likeness (QED) is 0.659. The van der Waals surface area contributed by atoms with E-state index in [1.165, 1.54) is 0 Å². The van der Waals surface area contributed by atoms with Crippen LogP contribution >= 0.6 is 0 Å². The van der Waals surface area contributed by atoms with Crippen LogP contribution in [-0.4, -0.2) is 51.0 Å². The van der Waals surface area contributed by atoms with Crippen molar-refractivity contribution in [2.75, 3.05) is 13.1 Å². The minimum atomic E-state index is -0.0528. The minimum Gasteiger partial charge on any atom is -0.349 e. The molecule has 0 radical (unpaired) electrons. The maximum atomic E-state index is 12.6. The van der Waals surface area contributed by atoms with Crippen molar-refractivity contribution < 1.29 is 14.1 Å². The zero-order valence-corrected chi connectivity index (χ0v) is 17.5. The summed E-state index contributed by atoms with van der Waals surface area (Å²) in [6.07, 6.45) is 3.86. The molecule has 0 bridgehead atoms. The molecule has 1 aliphatic rings. The Labute approximate surface area is 180 Å². The van der Waals surface area contributed by atoms with E-state index in [-0.39, 0.29) is 17.9 Å². The zero-order valence-electron chi connectivity index (χ0n) is 17.5. The fourth-order valence-electron chi connectivity index (χ4n) is 3.69. The lowest BCUT2D eigenvalue weighted by atomic mass is 10.0. The summed E-state index contributed by atoms with van der Waals surface area (Å²) in [7, 11) is 0. The molecule has 160 valence electrons. The SMILES string of the molecule is Cc1ccccc1C(=O)NC1CCN(C(=O)CCc2nc(-c3ccccn3)no2)CC1. The minimum absolute atomic E-state index is 0.0528. The van der Waals surface area contributed by atoms with Crippen molar-refractivity contribution in [1.29, 1.82) is 0 Å². The number of nitrogens with zero attached hydrogens (tertiary/aromatic N) is 4. The predicted molar refractivity (Wildman–Crippen MR) is 114 cm³/mol. The summed E-state index contributed by atoms with van der Waals surface area (Å²) in [5.41, 5.74) is 2.30. The van der Waals surface area contributed by atoms with Crippen molar-refractivity contribution in [2.45, 2.75) is 38.6 Å². The molecule has 3 aromatic rings. The zero-order chi connectivity index (χ0) is 21.6. The highest BCUT2D eigenvalue weighted by Crippen LogP contribution is 2.16. The van der Waals surface area contributed by atoms with E-state index in [0.29, 0.717) is 48.9 Å². The second-order valence-electron chi connectivity index (χ2n) is 7.67. The second kappa shape index (κ2) is 9.51. The predicted octanol–water partition coefficient (Wildman–Crippen LogP) is 2.79. The second-order valence-corrected chi connectivity index (χ2v) is 7.67. The third-order valence-electron chi connectivity index (χ3n) is 5.49. The number of hydrogen-bond donors (Lipinski definition) is 1.